The smallest absolute Gasteiger partial charge is 0.238 e. The van der Waals surface area contributed by atoms with Gasteiger partial charge in [0.2, 0.25) is 5.95 Å². The van der Waals surface area contributed by atoms with Gasteiger partial charge in [-0.05, 0) is 59.7 Å². The zero-order valence-corrected chi connectivity index (χ0v) is 30.2. The van der Waals surface area contributed by atoms with Crippen LogP contribution in [-0.4, -0.2) is 24.1 Å². The summed E-state index contributed by atoms with van der Waals surface area (Å²) >= 11 is 0. The Kier molecular flexibility index (Phi) is 5.82. The van der Waals surface area contributed by atoms with Crippen molar-refractivity contribution in [3.8, 4) is 45.5 Å². The van der Waals surface area contributed by atoms with Crippen LogP contribution in [0.15, 0.2) is 192 Å². The van der Waals surface area contributed by atoms with E-state index in [0.717, 1.165) is 71.2 Å². The van der Waals surface area contributed by atoms with E-state index in [4.69, 9.17) is 26.2 Å². The minimum absolute atomic E-state index is 0.0418. The molecule has 57 heavy (non-hydrogen) atoms. The number of aromatic nitrogens is 5. The number of fused-ring (bicyclic) bond motifs is 9. The topological polar surface area (TPSA) is 61.7 Å². The summed E-state index contributed by atoms with van der Waals surface area (Å²) in [5.74, 6) is 0.450. The highest BCUT2D eigenvalue weighted by molar-refractivity contribution is 6.12. The average Bonchev–Trinajstić information content (AvgIpc) is 3.97. The van der Waals surface area contributed by atoms with E-state index in [9.17, 15) is 0 Å². The van der Waals surface area contributed by atoms with Gasteiger partial charge in [-0.25, -0.2) is 4.98 Å². The standard InChI is InChI=1S/C51H31N5O/c1-3-13-32(14-4-1)34-23-26-40-39-19-7-10-20-43(39)55(46(40)29-34)36-25-28-42-41-27-24-35(30-47(41)57-48(42)31-36)50-52-49(33-15-5-2-6-16-33)53-51(54-50)56-44-21-11-8-17-37(44)38-18-9-12-22-45(38)56/h1-31H/i2D,5D,6D,15D,16D. The van der Waals surface area contributed by atoms with Crippen molar-refractivity contribution in [3.63, 3.8) is 0 Å². The van der Waals surface area contributed by atoms with Gasteiger partial charge in [-0.2, -0.15) is 9.97 Å². The first-order valence-corrected chi connectivity index (χ1v) is 18.7. The molecular weight excluding hydrogens is 699 g/mol. The summed E-state index contributed by atoms with van der Waals surface area (Å²) in [6.07, 6.45) is 0. The molecule has 6 heteroatoms. The van der Waals surface area contributed by atoms with Gasteiger partial charge in [0.1, 0.15) is 11.2 Å². The number of hydrogen-bond acceptors (Lipinski definition) is 4. The molecule has 0 atom stereocenters. The maximum atomic E-state index is 8.84. The van der Waals surface area contributed by atoms with Crippen LogP contribution in [-0.2, 0) is 0 Å². The van der Waals surface area contributed by atoms with E-state index >= 15 is 0 Å². The molecule has 0 fully saturated rings. The Labute approximate surface area is 333 Å². The summed E-state index contributed by atoms with van der Waals surface area (Å²) in [5.41, 5.74) is 8.94. The molecule has 6 nitrogen and oxygen atoms in total. The fraction of sp³-hybridized carbons (Fsp3) is 0. The van der Waals surface area contributed by atoms with Crippen molar-refractivity contribution < 1.29 is 11.3 Å². The van der Waals surface area contributed by atoms with Gasteiger partial charge in [0.25, 0.3) is 0 Å². The van der Waals surface area contributed by atoms with Gasteiger partial charge in [-0.1, -0.05) is 133 Å². The predicted molar refractivity (Wildman–Crippen MR) is 232 cm³/mol. The van der Waals surface area contributed by atoms with Gasteiger partial charge in [-0.3, -0.25) is 4.57 Å². The Morgan fingerprint density at radius 3 is 1.63 bits per heavy atom. The molecule has 0 saturated carbocycles. The maximum absolute atomic E-state index is 8.84. The molecule has 12 aromatic rings. The first-order chi connectivity index (χ1) is 30.3. The minimum atomic E-state index is -0.491. The highest BCUT2D eigenvalue weighted by atomic mass is 16.3. The van der Waals surface area contributed by atoms with E-state index in [2.05, 4.69) is 89.5 Å². The van der Waals surface area contributed by atoms with E-state index in [1.165, 1.54) is 0 Å². The molecule has 0 aliphatic carbocycles. The first kappa shape index (κ1) is 26.9. The van der Waals surface area contributed by atoms with Gasteiger partial charge in [0.05, 0.1) is 28.9 Å². The van der Waals surface area contributed by atoms with Crippen LogP contribution >= 0.6 is 0 Å². The maximum Gasteiger partial charge on any atom is 0.238 e. The lowest BCUT2D eigenvalue weighted by Gasteiger charge is -2.10. The van der Waals surface area contributed by atoms with Crippen molar-refractivity contribution in [2.24, 2.45) is 0 Å². The van der Waals surface area contributed by atoms with E-state index in [-0.39, 0.29) is 23.2 Å². The first-order valence-electron chi connectivity index (χ1n) is 21.2. The normalized spacial score (nSPS) is 13.1. The summed E-state index contributed by atoms with van der Waals surface area (Å²) in [4.78, 5) is 14.7. The predicted octanol–water partition coefficient (Wildman–Crippen LogP) is 13.0. The number of benzene rings is 8. The van der Waals surface area contributed by atoms with Crippen molar-refractivity contribution in [2.75, 3.05) is 0 Å². The number of nitrogens with zero attached hydrogens (tertiary/aromatic N) is 5. The summed E-state index contributed by atoms with van der Waals surface area (Å²) in [7, 11) is 0. The lowest BCUT2D eigenvalue weighted by atomic mass is 10.0. The van der Waals surface area contributed by atoms with Gasteiger partial charge < -0.3 is 8.98 Å². The average molecular weight is 735 g/mol. The Morgan fingerprint density at radius 1 is 0.386 bits per heavy atom. The summed E-state index contributed by atoms with van der Waals surface area (Å²) < 4.78 is 53.7. The van der Waals surface area contributed by atoms with Gasteiger partial charge in [0, 0.05) is 55.2 Å². The molecule has 0 aliphatic rings. The molecule has 0 spiro atoms. The second kappa shape index (κ2) is 12.3. The lowest BCUT2D eigenvalue weighted by molar-refractivity contribution is 0.668. The fourth-order valence-corrected chi connectivity index (χ4v) is 8.31. The van der Waals surface area contributed by atoms with Gasteiger partial charge in [0.15, 0.2) is 11.6 Å². The van der Waals surface area contributed by atoms with Crippen LogP contribution in [0.1, 0.15) is 6.85 Å². The fourth-order valence-electron chi connectivity index (χ4n) is 8.31. The van der Waals surface area contributed by atoms with Crippen molar-refractivity contribution in [1.29, 1.82) is 0 Å². The van der Waals surface area contributed by atoms with Crippen LogP contribution in [0, 0.1) is 0 Å². The molecule has 266 valence electrons. The molecule has 0 unspecified atom stereocenters. The Morgan fingerprint density at radius 2 is 0.930 bits per heavy atom. The minimum Gasteiger partial charge on any atom is -0.456 e. The molecule has 0 N–H and O–H groups in total. The van der Waals surface area contributed by atoms with Crippen molar-refractivity contribution in [1.82, 2.24) is 24.1 Å². The quantitative estimate of drug-likeness (QED) is 0.177. The molecule has 0 aliphatic heterocycles. The molecule has 0 bridgehead atoms. The second-order valence-corrected chi connectivity index (χ2v) is 14.1. The van der Waals surface area contributed by atoms with Gasteiger partial charge >= 0.3 is 0 Å². The Hall–Kier alpha value is -7.83. The molecule has 4 aromatic heterocycles. The highest BCUT2D eigenvalue weighted by Crippen LogP contribution is 2.38. The third-order valence-corrected chi connectivity index (χ3v) is 10.9. The summed E-state index contributed by atoms with van der Waals surface area (Å²) in [6.45, 7) is 0. The van der Waals surface area contributed by atoms with Crippen LogP contribution < -0.4 is 0 Å². The molecule has 0 radical (unpaired) electrons. The number of para-hydroxylation sites is 3. The lowest BCUT2D eigenvalue weighted by Crippen LogP contribution is -2.06. The molecule has 12 rings (SSSR count). The van der Waals surface area contributed by atoms with Crippen molar-refractivity contribution in [2.45, 2.75) is 0 Å². The number of hydrogen-bond donors (Lipinski definition) is 0. The second-order valence-electron chi connectivity index (χ2n) is 14.1. The Balaban J connectivity index is 1.05. The molecule has 4 heterocycles. The van der Waals surface area contributed by atoms with Crippen LogP contribution in [0.4, 0.5) is 0 Å². The van der Waals surface area contributed by atoms with E-state index in [1.54, 1.807) is 0 Å². The molecule has 8 aromatic carbocycles. The summed E-state index contributed by atoms with van der Waals surface area (Å²) in [6, 6.07) is 51.2. The molecular formula is C51H31N5O. The number of furan rings is 1. The molecule has 0 saturated heterocycles. The van der Waals surface area contributed by atoms with Crippen LogP contribution in [0.2, 0.25) is 0 Å². The van der Waals surface area contributed by atoms with Crippen molar-refractivity contribution >= 4 is 65.6 Å². The number of rotatable bonds is 5. The Bertz CT molecular complexity index is 3750. The van der Waals surface area contributed by atoms with Crippen LogP contribution in [0.3, 0.4) is 0 Å². The SMILES string of the molecule is [2H]c1c([2H])c([2H])c(-c2nc(-c3ccc4c(c3)oc3cc(-n5c6ccccc6c6ccc(-c7ccccc7)cc65)ccc34)nc(-n3c4ccccc4c4ccccc43)n2)c([2H])c1[2H]. The zero-order valence-electron chi connectivity index (χ0n) is 35.2. The highest BCUT2D eigenvalue weighted by Gasteiger charge is 2.19. The van der Waals surface area contributed by atoms with Crippen molar-refractivity contribution in [3.05, 3.63) is 188 Å². The third-order valence-electron chi connectivity index (χ3n) is 10.9. The summed E-state index contributed by atoms with van der Waals surface area (Å²) in [5, 5.41) is 6.17. The monoisotopic (exact) mass is 734 g/mol. The zero-order chi connectivity index (χ0) is 41.8. The molecule has 0 amide bonds. The van der Waals surface area contributed by atoms with E-state index < -0.39 is 30.2 Å². The third kappa shape index (κ3) is 4.94. The van der Waals surface area contributed by atoms with E-state index in [0.29, 0.717) is 16.7 Å². The van der Waals surface area contributed by atoms with Crippen LogP contribution in [0.5, 0.6) is 0 Å². The largest absolute Gasteiger partial charge is 0.456 e. The van der Waals surface area contributed by atoms with E-state index in [1.807, 2.05) is 77.4 Å². The van der Waals surface area contributed by atoms with Gasteiger partial charge in [-0.15, -0.1) is 0 Å². The van der Waals surface area contributed by atoms with Crippen LogP contribution in [0.25, 0.3) is 111 Å².